The van der Waals surface area contributed by atoms with Gasteiger partial charge in [0.15, 0.2) is 0 Å². The number of halogens is 1. The van der Waals surface area contributed by atoms with E-state index in [1.54, 1.807) is 19.4 Å². The van der Waals surface area contributed by atoms with Gasteiger partial charge in [0.1, 0.15) is 29.2 Å². The molecule has 0 spiro atoms. The monoisotopic (exact) mass is 540 g/mol. The van der Waals surface area contributed by atoms with Crippen molar-refractivity contribution < 1.29 is 28.5 Å². The van der Waals surface area contributed by atoms with Crippen molar-refractivity contribution in [3.8, 4) is 39.6 Å². The summed E-state index contributed by atoms with van der Waals surface area (Å²) in [6.45, 7) is 4.44. The van der Waals surface area contributed by atoms with Crippen LogP contribution in [0.2, 0.25) is 0 Å². The molecular weight excluding hydrogens is 511 g/mol. The average Bonchev–Trinajstić information content (AvgIpc) is 3.54. The van der Waals surface area contributed by atoms with Crippen LogP contribution in [0, 0.1) is 19.7 Å². The Labute approximate surface area is 231 Å². The largest absolute Gasteiger partial charge is 0.495 e. The summed E-state index contributed by atoms with van der Waals surface area (Å²) in [5, 5.41) is 17.5. The predicted octanol–water partition coefficient (Wildman–Crippen LogP) is 6.59. The lowest BCUT2D eigenvalue weighted by Crippen LogP contribution is -2.07. The van der Waals surface area contributed by atoms with Gasteiger partial charge in [-0.15, -0.1) is 0 Å². The minimum Gasteiger partial charge on any atom is -0.495 e. The van der Waals surface area contributed by atoms with E-state index in [-0.39, 0.29) is 18.2 Å². The predicted molar refractivity (Wildman–Crippen MR) is 148 cm³/mol. The number of rotatable bonds is 7. The van der Waals surface area contributed by atoms with Crippen molar-refractivity contribution in [2.24, 2.45) is 0 Å². The molecule has 2 heterocycles. The maximum atomic E-state index is 15.3. The first-order valence-electron chi connectivity index (χ1n) is 13.3. The van der Waals surface area contributed by atoms with E-state index in [4.69, 9.17) is 19.3 Å². The maximum Gasteiger partial charge on any atom is 0.304 e. The van der Waals surface area contributed by atoms with E-state index in [0.717, 1.165) is 44.6 Å². The van der Waals surface area contributed by atoms with Gasteiger partial charge < -0.3 is 19.3 Å². The Bertz CT molecular complexity index is 1610. The number of aryl methyl sites for hydroxylation is 2. The van der Waals surface area contributed by atoms with Crippen LogP contribution in [0.5, 0.6) is 17.2 Å². The number of carboxylic acid groups (broad SMARTS) is 1. The molecule has 3 aromatic carbocycles. The first kappa shape index (κ1) is 25.8. The lowest BCUT2D eigenvalue weighted by Gasteiger charge is -2.19. The lowest BCUT2D eigenvalue weighted by atomic mass is 9.88. The molecule has 8 heteroatoms. The minimum atomic E-state index is -0.857. The van der Waals surface area contributed by atoms with Crippen LogP contribution >= 0.6 is 0 Å². The van der Waals surface area contributed by atoms with Gasteiger partial charge in [-0.05, 0) is 78.8 Å². The number of aromatic nitrogens is 2. The SMILES string of the molecule is COc1cnnc(-c2cc(C)c(-c3ccc(F)c4c3CC[C@H]4Oc3ccc4c(c3)OC[C@H]4CC(=O)O)c(C)c2)c1. The molecule has 1 N–H and O–H groups in total. The molecule has 0 fully saturated rings. The van der Waals surface area contributed by atoms with Gasteiger partial charge in [0.25, 0.3) is 0 Å². The third-order valence-corrected chi connectivity index (χ3v) is 7.81. The molecule has 2 aliphatic rings. The average molecular weight is 541 g/mol. The van der Waals surface area contributed by atoms with E-state index < -0.39 is 12.1 Å². The van der Waals surface area contributed by atoms with Crippen molar-refractivity contribution >= 4 is 5.97 Å². The number of carbonyl (C=O) groups is 1. The maximum absolute atomic E-state index is 15.3. The summed E-state index contributed by atoms with van der Waals surface area (Å²) in [7, 11) is 1.60. The van der Waals surface area contributed by atoms with Crippen molar-refractivity contribution in [2.75, 3.05) is 13.7 Å². The Balaban J connectivity index is 1.31. The fourth-order valence-electron chi connectivity index (χ4n) is 6.04. The molecule has 40 heavy (non-hydrogen) atoms. The van der Waals surface area contributed by atoms with Crippen molar-refractivity contribution in [3.63, 3.8) is 0 Å². The van der Waals surface area contributed by atoms with Crippen LogP contribution in [0.4, 0.5) is 4.39 Å². The van der Waals surface area contributed by atoms with E-state index in [9.17, 15) is 4.79 Å². The number of hydrogen-bond acceptors (Lipinski definition) is 6. The van der Waals surface area contributed by atoms with E-state index >= 15 is 4.39 Å². The van der Waals surface area contributed by atoms with Gasteiger partial charge >= 0.3 is 5.97 Å². The van der Waals surface area contributed by atoms with Gasteiger partial charge in [-0.3, -0.25) is 4.79 Å². The Morgan fingerprint density at radius 2 is 1.90 bits per heavy atom. The highest BCUT2D eigenvalue weighted by Gasteiger charge is 2.32. The summed E-state index contributed by atoms with van der Waals surface area (Å²) >= 11 is 0. The molecule has 1 aliphatic heterocycles. The summed E-state index contributed by atoms with van der Waals surface area (Å²) in [5.41, 5.74) is 8.28. The third kappa shape index (κ3) is 4.63. The molecule has 1 aromatic heterocycles. The summed E-state index contributed by atoms with van der Waals surface area (Å²) in [6, 6.07) is 14.9. The molecule has 0 radical (unpaired) electrons. The van der Waals surface area contributed by atoms with Gasteiger partial charge in [0, 0.05) is 34.7 Å². The van der Waals surface area contributed by atoms with Crippen molar-refractivity contribution in [1.82, 2.24) is 10.2 Å². The molecule has 0 unspecified atom stereocenters. The molecule has 4 aromatic rings. The van der Waals surface area contributed by atoms with Gasteiger partial charge in [-0.2, -0.15) is 10.2 Å². The summed E-state index contributed by atoms with van der Waals surface area (Å²) in [6.07, 6.45) is 2.50. The second-order valence-electron chi connectivity index (χ2n) is 10.4. The number of hydrogen-bond donors (Lipinski definition) is 1. The van der Waals surface area contributed by atoms with Crippen LogP contribution in [0.25, 0.3) is 22.4 Å². The fraction of sp³-hybridized carbons (Fsp3) is 0.281. The van der Waals surface area contributed by atoms with Crippen LogP contribution in [-0.4, -0.2) is 35.0 Å². The first-order chi connectivity index (χ1) is 19.3. The highest BCUT2D eigenvalue weighted by Crippen LogP contribution is 2.45. The number of aliphatic carboxylic acids is 1. The molecule has 1 aliphatic carbocycles. The molecule has 7 nitrogen and oxygen atoms in total. The summed E-state index contributed by atoms with van der Waals surface area (Å²) in [4.78, 5) is 11.2. The zero-order chi connectivity index (χ0) is 28.0. The lowest BCUT2D eigenvalue weighted by molar-refractivity contribution is -0.137. The molecule has 0 saturated carbocycles. The fourth-order valence-corrected chi connectivity index (χ4v) is 6.04. The molecular formula is C32H29FN2O5. The van der Waals surface area contributed by atoms with Gasteiger partial charge in [-0.25, -0.2) is 4.39 Å². The first-order valence-corrected chi connectivity index (χ1v) is 13.3. The van der Waals surface area contributed by atoms with E-state index in [2.05, 4.69) is 36.2 Å². The minimum absolute atomic E-state index is 0.0178. The van der Waals surface area contributed by atoms with E-state index in [1.807, 2.05) is 24.3 Å². The zero-order valence-electron chi connectivity index (χ0n) is 22.5. The topological polar surface area (TPSA) is 90.8 Å². The molecule has 0 saturated heterocycles. The number of ether oxygens (including phenoxy) is 3. The molecule has 2 atom stereocenters. The number of carboxylic acids is 1. The Morgan fingerprint density at radius 3 is 2.65 bits per heavy atom. The Kier molecular flexibility index (Phi) is 6.62. The van der Waals surface area contributed by atoms with Crippen molar-refractivity contribution in [1.29, 1.82) is 0 Å². The second kappa shape index (κ2) is 10.3. The summed E-state index contributed by atoms with van der Waals surface area (Å²) in [5.74, 6) is 0.532. The van der Waals surface area contributed by atoms with Crippen LogP contribution in [-0.2, 0) is 11.2 Å². The van der Waals surface area contributed by atoms with Crippen LogP contribution < -0.4 is 14.2 Å². The molecule has 0 bridgehead atoms. The molecule has 6 rings (SSSR count). The Hall–Kier alpha value is -4.46. The Morgan fingerprint density at radius 1 is 1.10 bits per heavy atom. The summed E-state index contributed by atoms with van der Waals surface area (Å²) < 4.78 is 32.7. The number of benzene rings is 3. The zero-order valence-corrected chi connectivity index (χ0v) is 22.5. The smallest absolute Gasteiger partial charge is 0.304 e. The highest BCUT2D eigenvalue weighted by molar-refractivity contribution is 5.79. The van der Waals surface area contributed by atoms with Gasteiger partial charge in [-0.1, -0.05) is 12.1 Å². The van der Waals surface area contributed by atoms with E-state index in [0.29, 0.717) is 42.3 Å². The molecule has 204 valence electrons. The third-order valence-electron chi connectivity index (χ3n) is 7.81. The number of fused-ring (bicyclic) bond motifs is 2. The van der Waals surface area contributed by atoms with E-state index in [1.165, 1.54) is 6.07 Å². The standard InChI is InChI=1S/C32H29FN2O5/c1-17-10-19(27-13-22(38-3)15-34-35-27)11-18(2)31(17)24-6-8-26(33)32-25(24)7-9-28(32)40-21-4-5-23-20(12-30(36)37)16-39-29(23)14-21/h4-6,8,10-11,13-15,20,28H,7,9,12,16H2,1-3H3,(H,36,37)/t20-,28-/m1/s1. The van der Waals surface area contributed by atoms with Gasteiger partial charge in [0.2, 0.25) is 0 Å². The van der Waals surface area contributed by atoms with Crippen LogP contribution in [0.15, 0.2) is 54.7 Å². The van der Waals surface area contributed by atoms with Crippen molar-refractivity contribution in [2.45, 2.75) is 45.1 Å². The van der Waals surface area contributed by atoms with Crippen LogP contribution in [0.1, 0.15) is 52.7 Å². The molecule has 0 amide bonds. The van der Waals surface area contributed by atoms with Crippen LogP contribution in [0.3, 0.4) is 0 Å². The normalized spacial score (nSPS) is 17.2. The van der Waals surface area contributed by atoms with Crippen molar-refractivity contribution in [3.05, 3.63) is 88.4 Å². The van der Waals surface area contributed by atoms with Gasteiger partial charge in [0.05, 0.1) is 32.0 Å². The highest BCUT2D eigenvalue weighted by atomic mass is 19.1. The number of methoxy groups -OCH3 is 1. The quantitative estimate of drug-likeness (QED) is 0.283. The number of nitrogens with zero attached hydrogens (tertiary/aromatic N) is 2. The second-order valence-corrected chi connectivity index (χ2v) is 10.4.